The van der Waals surface area contributed by atoms with E-state index in [1.54, 1.807) is 11.3 Å². The molecule has 0 aliphatic carbocycles. The lowest BCUT2D eigenvalue weighted by molar-refractivity contribution is -0.125. The van der Waals surface area contributed by atoms with Crippen molar-refractivity contribution in [2.75, 3.05) is 26.3 Å². The van der Waals surface area contributed by atoms with E-state index in [1.165, 1.54) is 11.3 Å². The van der Waals surface area contributed by atoms with Gasteiger partial charge in [-0.2, -0.15) is 0 Å². The Bertz CT molecular complexity index is 933. The van der Waals surface area contributed by atoms with E-state index in [0.717, 1.165) is 17.0 Å². The number of benzene rings is 1. The SMILES string of the molecule is Cc1ccc([C@H](NC(=O)CN2CCOC[C@@H]2c2cccn2C)c2cccs2)cc1. The second kappa shape index (κ2) is 8.95. The number of nitrogens with zero attached hydrogens (tertiary/aromatic N) is 2. The van der Waals surface area contributed by atoms with Crippen LogP contribution in [0.15, 0.2) is 60.1 Å². The van der Waals surface area contributed by atoms with Crippen LogP contribution < -0.4 is 5.32 Å². The van der Waals surface area contributed by atoms with Gasteiger partial charge in [-0.15, -0.1) is 11.3 Å². The maximum Gasteiger partial charge on any atom is 0.234 e. The van der Waals surface area contributed by atoms with E-state index in [9.17, 15) is 4.79 Å². The minimum atomic E-state index is -0.127. The third kappa shape index (κ3) is 4.61. The smallest absolute Gasteiger partial charge is 0.234 e. The van der Waals surface area contributed by atoms with Gasteiger partial charge in [0.1, 0.15) is 0 Å². The fourth-order valence-electron chi connectivity index (χ4n) is 3.84. The van der Waals surface area contributed by atoms with E-state index in [-0.39, 0.29) is 18.0 Å². The molecule has 3 heterocycles. The zero-order chi connectivity index (χ0) is 20.2. The van der Waals surface area contributed by atoms with Crippen LogP contribution in [-0.4, -0.2) is 41.7 Å². The zero-order valence-electron chi connectivity index (χ0n) is 16.9. The second-order valence-corrected chi connectivity index (χ2v) is 8.51. The molecule has 6 heteroatoms. The van der Waals surface area contributed by atoms with Gasteiger partial charge in [0, 0.05) is 30.4 Å². The quantitative estimate of drug-likeness (QED) is 0.676. The molecular weight excluding hydrogens is 382 g/mol. The average Bonchev–Trinajstić information content (AvgIpc) is 3.39. The standard InChI is InChI=1S/C23H27N3O2S/c1-17-7-9-18(10-8-17)23(21-6-4-14-29-21)24-22(27)15-26-12-13-28-16-20(26)19-5-3-11-25(19)2/h3-11,14,20,23H,12-13,15-16H2,1-2H3,(H,24,27)/t20-,23+/m1/s1. The van der Waals surface area contributed by atoms with E-state index >= 15 is 0 Å². The molecule has 1 aliphatic rings. The number of morpholine rings is 1. The van der Waals surface area contributed by atoms with Crippen molar-refractivity contribution < 1.29 is 9.53 Å². The third-order valence-corrected chi connectivity index (χ3v) is 6.39. The molecule has 3 aromatic rings. The Kier molecular flexibility index (Phi) is 6.13. The Hall–Kier alpha value is -2.41. The fraction of sp³-hybridized carbons (Fsp3) is 0.348. The molecule has 1 aliphatic heterocycles. The normalized spacial score (nSPS) is 18.5. The summed E-state index contributed by atoms with van der Waals surface area (Å²) >= 11 is 1.67. The number of ether oxygens (including phenoxy) is 1. The Labute approximate surface area is 175 Å². The van der Waals surface area contributed by atoms with Crippen LogP contribution in [0.5, 0.6) is 0 Å². The number of rotatable bonds is 6. The van der Waals surface area contributed by atoms with Crippen LogP contribution in [0.25, 0.3) is 0 Å². The fourth-order valence-corrected chi connectivity index (χ4v) is 4.65. The number of carbonyl (C=O) groups excluding carboxylic acids is 1. The third-order valence-electron chi connectivity index (χ3n) is 5.46. The summed E-state index contributed by atoms with van der Waals surface area (Å²) < 4.78 is 7.81. The highest BCUT2D eigenvalue weighted by Crippen LogP contribution is 2.27. The minimum Gasteiger partial charge on any atom is -0.378 e. The van der Waals surface area contributed by atoms with Crippen LogP contribution in [0.2, 0.25) is 0 Å². The molecule has 2 atom stereocenters. The molecule has 0 spiro atoms. The molecule has 1 amide bonds. The van der Waals surface area contributed by atoms with Crippen LogP contribution in [0, 0.1) is 6.92 Å². The van der Waals surface area contributed by atoms with Gasteiger partial charge < -0.3 is 14.6 Å². The topological polar surface area (TPSA) is 46.5 Å². The van der Waals surface area contributed by atoms with Gasteiger partial charge in [0.25, 0.3) is 0 Å². The summed E-state index contributed by atoms with van der Waals surface area (Å²) in [6.45, 7) is 4.44. The number of hydrogen-bond acceptors (Lipinski definition) is 4. The summed E-state index contributed by atoms with van der Waals surface area (Å²) in [5.41, 5.74) is 3.49. The number of hydrogen-bond donors (Lipinski definition) is 1. The summed E-state index contributed by atoms with van der Waals surface area (Å²) in [7, 11) is 2.03. The molecule has 5 nitrogen and oxygen atoms in total. The summed E-state index contributed by atoms with van der Waals surface area (Å²) in [5, 5.41) is 5.32. The van der Waals surface area contributed by atoms with Crippen molar-refractivity contribution in [2.24, 2.45) is 7.05 Å². The Morgan fingerprint density at radius 3 is 2.76 bits per heavy atom. The summed E-state index contributed by atoms with van der Waals surface area (Å²) in [5.74, 6) is 0.0325. The first-order valence-electron chi connectivity index (χ1n) is 9.94. The molecule has 1 saturated heterocycles. The van der Waals surface area contributed by atoms with Gasteiger partial charge in [0.2, 0.25) is 5.91 Å². The van der Waals surface area contributed by atoms with Crippen molar-refractivity contribution >= 4 is 17.2 Å². The first-order chi connectivity index (χ1) is 14.1. The van der Waals surface area contributed by atoms with Gasteiger partial charge in [0.15, 0.2) is 0 Å². The first kappa shape index (κ1) is 19.9. The van der Waals surface area contributed by atoms with Gasteiger partial charge >= 0.3 is 0 Å². The van der Waals surface area contributed by atoms with Crippen molar-refractivity contribution in [3.8, 4) is 0 Å². The second-order valence-electron chi connectivity index (χ2n) is 7.53. The number of nitrogens with one attached hydrogen (secondary N) is 1. The van der Waals surface area contributed by atoms with Gasteiger partial charge in [-0.1, -0.05) is 35.9 Å². The number of thiophene rings is 1. The van der Waals surface area contributed by atoms with Gasteiger partial charge in [-0.25, -0.2) is 0 Å². The lowest BCUT2D eigenvalue weighted by atomic mass is 10.0. The van der Waals surface area contributed by atoms with Crippen molar-refractivity contribution in [1.29, 1.82) is 0 Å². The Balaban J connectivity index is 1.50. The van der Waals surface area contributed by atoms with Gasteiger partial charge in [-0.05, 0) is 36.1 Å². The molecule has 0 bridgehead atoms. The number of amides is 1. The highest BCUT2D eigenvalue weighted by molar-refractivity contribution is 7.10. The molecule has 2 aromatic heterocycles. The van der Waals surface area contributed by atoms with Crippen LogP contribution in [-0.2, 0) is 16.6 Å². The highest BCUT2D eigenvalue weighted by atomic mass is 32.1. The van der Waals surface area contributed by atoms with Crippen molar-refractivity contribution in [3.05, 3.63) is 81.8 Å². The van der Waals surface area contributed by atoms with E-state index in [0.29, 0.717) is 19.8 Å². The summed E-state index contributed by atoms with van der Waals surface area (Å²) in [4.78, 5) is 16.4. The average molecular weight is 410 g/mol. The van der Waals surface area contributed by atoms with Crippen molar-refractivity contribution in [1.82, 2.24) is 14.8 Å². The molecule has 4 rings (SSSR count). The summed E-state index contributed by atoms with van der Waals surface area (Å²) in [6.07, 6.45) is 2.03. The van der Waals surface area contributed by atoms with E-state index in [4.69, 9.17) is 4.74 Å². The molecule has 1 aromatic carbocycles. The Morgan fingerprint density at radius 2 is 2.07 bits per heavy atom. The minimum absolute atomic E-state index is 0.0325. The molecule has 0 unspecified atom stereocenters. The summed E-state index contributed by atoms with van der Waals surface area (Å²) in [6, 6.07) is 16.6. The largest absolute Gasteiger partial charge is 0.378 e. The zero-order valence-corrected chi connectivity index (χ0v) is 17.7. The van der Waals surface area contributed by atoms with Crippen LogP contribution in [0.4, 0.5) is 0 Å². The maximum atomic E-state index is 13.1. The van der Waals surface area contributed by atoms with E-state index in [2.05, 4.69) is 63.5 Å². The molecule has 1 fully saturated rings. The van der Waals surface area contributed by atoms with E-state index < -0.39 is 0 Å². The Morgan fingerprint density at radius 1 is 1.24 bits per heavy atom. The number of aryl methyl sites for hydroxylation is 2. The van der Waals surface area contributed by atoms with Gasteiger partial charge in [0.05, 0.1) is 31.8 Å². The molecule has 1 N–H and O–H groups in total. The molecular formula is C23H27N3O2S. The first-order valence-corrected chi connectivity index (χ1v) is 10.8. The molecule has 152 valence electrons. The monoisotopic (exact) mass is 409 g/mol. The van der Waals surface area contributed by atoms with Crippen LogP contribution >= 0.6 is 11.3 Å². The van der Waals surface area contributed by atoms with Crippen LogP contribution in [0.1, 0.15) is 33.8 Å². The predicted molar refractivity (Wildman–Crippen MR) is 116 cm³/mol. The van der Waals surface area contributed by atoms with E-state index in [1.807, 2.05) is 25.4 Å². The lowest BCUT2D eigenvalue weighted by Gasteiger charge is -2.35. The molecule has 29 heavy (non-hydrogen) atoms. The van der Waals surface area contributed by atoms with Crippen molar-refractivity contribution in [2.45, 2.75) is 19.0 Å². The number of carbonyl (C=O) groups is 1. The number of aromatic nitrogens is 1. The van der Waals surface area contributed by atoms with Crippen LogP contribution in [0.3, 0.4) is 0 Å². The van der Waals surface area contributed by atoms with Gasteiger partial charge in [-0.3, -0.25) is 9.69 Å². The van der Waals surface area contributed by atoms with Crippen molar-refractivity contribution in [3.63, 3.8) is 0 Å². The lowest BCUT2D eigenvalue weighted by Crippen LogP contribution is -2.46. The predicted octanol–water partition coefficient (Wildman–Crippen LogP) is 3.67. The molecule has 0 radical (unpaired) electrons. The highest BCUT2D eigenvalue weighted by Gasteiger charge is 2.29. The maximum absolute atomic E-state index is 13.1. The molecule has 0 saturated carbocycles.